The van der Waals surface area contributed by atoms with Crippen LogP contribution in [0.1, 0.15) is 35.9 Å². The molecule has 0 aliphatic carbocycles. The van der Waals surface area contributed by atoms with Gasteiger partial charge in [0.25, 0.3) is 5.56 Å². The van der Waals surface area contributed by atoms with Crippen molar-refractivity contribution >= 4 is 29.0 Å². The van der Waals surface area contributed by atoms with E-state index in [0.717, 1.165) is 19.4 Å². The van der Waals surface area contributed by atoms with E-state index < -0.39 is 0 Å². The van der Waals surface area contributed by atoms with E-state index in [2.05, 4.69) is 31.8 Å². The highest BCUT2D eigenvalue weighted by Crippen LogP contribution is 2.29. The number of likely N-dealkylation sites (tertiary alicyclic amines) is 1. The summed E-state index contributed by atoms with van der Waals surface area (Å²) in [4.78, 5) is 42.7. The molecule has 1 saturated heterocycles. The number of aromatic amines is 1. The van der Waals surface area contributed by atoms with Crippen molar-refractivity contribution in [3.05, 3.63) is 74.6 Å². The van der Waals surface area contributed by atoms with Crippen molar-refractivity contribution in [1.29, 1.82) is 0 Å². The Kier molecular flexibility index (Phi) is 6.46. The summed E-state index contributed by atoms with van der Waals surface area (Å²) in [5.41, 5.74) is 1.47. The zero-order valence-electron chi connectivity index (χ0n) is 16.9. The second-order valence-corrected chi connectivity index (χ2v) is 8.52. The van der Waals surface area contributed by atoms with Crippen molar-refractivity contribution in [3.63, 3.8) is 0 Å². The number of H-pyrrole nitrogens is 1. The van der Waals surface area contributed by atoms with E-state index in [1.54, 1.807) is 30.5 Å². The van der Waals surface area contributed by atoms with Gasteiger partial charge in [0.15, 0.2) is 5.78 Å². The predicted octanol–water partition coefficient (Wildman–Crippen LogP) is 4.02. The standard InChI is InChI=1S/C22H21Cl2N5O2/c1-13-8-15(22(31)14-2-3-16(23)17(24)9-14)5-7-29(13)11-20-27-19(10-21(30)28-20)18-4-6-25-12-26-18/h2-4,6,9-10,12-13,15H,5,7-8,11H2,1H3,(H,27,28,30)/t13-,15?/m1/s1. The summed E-state index contributed by atoms with van der Waals surface area (Å²) < 4.78 is 0. The molecule has 160 valence electrons. The highest BCUT2D eigenvalue weighted by atomic mass is 35.5. The normalized spacial score (nSPS) is 19.3. The summed E-state index contributed by atoms with van der Waals surface area (Å²) >= 11 is 12.0. The smallest absolute Gasteiger partial charge is 0.251 e. The molecule has 4 rings (SSSR count). The van der Waals surface area contributed by atoms with Gasteiger partial charge in [-0.15, -0.1) is 0 Å². The van der Waals surface area contributed by atoms with Crippen LogP contribution in [0.25, 0.3) is 11.4 Å². The number of ketones is 1. The van der Waals surface area contributed by atoms with E-state index in [9.17, 15) is 9.59 Å². The first-order valence-electron chi connectivity index (χ1n) is 10.0. The van der Waals surface area contributed by atoms with Gasteiger partial charge in [-0.05, 0) is 50.6 Å². The van der Waals surface area contributed by atoms with Crippen LogP contribution in [0.15, 0.2) is 47.7 Å². The summed E-state index contributed by atoms with van der Waals surface area (Å²) in [7, 11) is 0. The predicted molar refractivity (Wildman–Crippen MR) is 119 cm³/mol. The molecule has 2 aromatic heterocycles. The lowest BCUT2D eigenvalue weighted by atomic mass is 9.85. The maximum absolute atomic E-state index is 12.9. The summed E-state index contributed by atoms with van der Waals surface area (Å²) in [6.45, 7) is 3.30. The Labute approximate surface area is 189 Å². The van der Waals surface area contributed by atoms with Crippen LogP contribution in [0.2, 0.25) is 10.0 Å². The van der Waals surface area contributed by atoms with E-state index in [4.69, 9.17) is 23.2 Å². The molecule has 3 aromatic rings. The Balaban J connectivity index is 1.45. The maximum atomic E-state index is 12.9. The minimum absolute atomic E-state index is 0.0807. The lowest BCUT2D eigenvalue weighted by Gasteiger charge is -2.36. The molecule has 9 heteroatoms. The van der Waals surface area contributed by atoms with E-state index >= 15 is 0 Å². The number of nitrogens with one attached hydrogen (secondary N) is 1. The van der Waals surface area contributed by atoms with Gasteiger partial charge < -0.3 is 4.98 Å². The van der Waals surface area contributed by atoms with Crippen LogP contribution in [0.5, 0.6) is 0 Å². The van der Waals surface area contributed by atoms with Gasteiger partial charge in [-0.25, -0.2) is 15.0 Å². The highest BCUT2D eigenvalue weighted by molar-refractivity contribution is 6.42. The molecule has 0 saturated carbocycles. The quantitative estimate of drug-likeness (QED) is 0.581. The molecule has 0 bridgehead atoms. The lowest BCUT2D eigenvalue weighted by molar-refractivity contribution is 0.0733. The summed E-state index contributed by atoms with van der Waals surface area (Å²) in [6.07, 6.45) is 4.48. The van der Waals surface area contributed by atoms with Gasteiger partial charge in [-0.2, -0.15) is 0 Å². The number of hydrogen-bond acceptors (Lipinski definition) is 6. The van der Waals surface area contributed by atoms with E-state index in [1.165, 1.54) is 12.4 Å². The van der Waals surface area contributed by atoms with Crippen molar-refractivity contribution in [2.75, 3.05) is 6.54 Å². The Morgan fingerprint density at radius 3 is 2.74 bits per heavy atom. The average Bonchev–Trinajstić information content (AvgIpc) is 2.77. The van der Waals surface area contributed by atoms with Gasteiger partial charge in [-0.3, -0.25) is 14.5 Å². The number of aromatic nitrogens is 4. The Bertz CT molecular complexity index is 1150. The van der Waals surface area contributed by atoms with E-state index in [0.29, 0.717) is 39.4 Å². The number of rotatable bonds is 5. The van der Waals surface area contributed by atoms with Gasteiger partial charge in [-0.1, -0.05) is 23.2 Å². The molecule has 1 aliphatic rings. The third kappa shape index (κ3) is 5.01. The maximum Gasteiger partial charge on any atom is 0.251 e. The van der Waals surface area contributed by atoms with Crippen molar-refractivity contribution in [1.82, 2.24) is 24.8 Å². The second kappa shape index (κ2) is 9.26. The lowest BCUT2D eigenvalue weighted by Crippen LogP contribution is -2.42. The van der Waals surface area contributed by atoms with Crippen LogP contribution in [0.4, 0.5) is 0 Å². The zero-order valence-corrected chi connectivity index (χ0v) is 18.4. The second-order valence-electron chi connectivity index (χ2n) is 7.71. The number of hydrogen-bond donors (Lipinski definition) is 1. The average molecular weight is 458 g/mol. The van der Waals surface area contributed by atoms with E-state index in [1.807, 2.05) is 0 Å². The molecule has 1 aliphatic heterocycles. The van der Waals surface area contributed by atoms with Gasteiger partial charge in [0.05, 0.1) is 28.0 Å². The van der Waals surface area contributed by atoms with Crippen LogP contribution in [0.3, 0.4) is 0 Å². The highest BCUT2D eigenvalue weighted by Gasteiger charge is 2.31. The number of carbonyl (C=O) groups excluding carboxylic acids is 1. The topological polar surface area (TPSA) is 91.8 Å². The first kappa shape index (κ1) is 21.6. The monoisotopic (exact) mass is 457 g/mol. The molecule has 1 N–H and O–H groups in total. The molecule has 1 unspecified atom stereocenters. The minimum atomic E-state index is -0.226. The fourth-order valence-corrected chi connectivity index (χ4v) is 4.23. The fourth-order valence-electron chi connectivity index (χ4n) is 3.93. The van der Waals surface area contributed by atoms with Crippen LogP contribution in [-0.2, 0) is 6.54 Å². The molecule has 7 nitrogen and oxygen atoms in total. The van der Waals surface area contributed by atoms with Crippen molar-refractivity contribution in [3.8, 4) is 11.4 Å². The molecule has 3 heterocycles. The SMILES string of the molecule is C[C@@H]1CC(C(=O)c2ccc(Cl)c(Cl)c2)CCN1Cc1nc(-c2ccncn2)cc(=O)[nH]1. The third-order valence-electron chi connectivity index (χ3n) is 5.58. The van der Waals surface area contributed by atoms with Crippen molar-refractivity contribution < 1.29 is 4.79 Å². The number of nitrogens with zero attached hydrogens (tertiary/aromatic N) is 4. The molecule has 0 spiro atoms. The van der Waals surface area contributed by atoms with Crippen LogP contribution in [-0.4, -0.2) is 43.2 Å². The minimum Gasteiger partial charge on any atom is -0.309 e. The van der Waals surface area contributed by atoms with Crippen LogP contribution < -0.4 is 5.56 Å². The summed E-state index contributed by atoms with van der Waals surface area (Å²) in [5, 5.41) is 0.823. The Morgan fingerprint density at radius 1 is 1.19 bits per heavy atom. The summed E-state index contributed by atoms with van der Waals surface area (Å²) in [5.74, 6) is 0.576. The molecule has 2 atom stereocenters. The first-order chi connectivity index (χ1) is 14.9. The van der Waals surface area contributed by atoms with Gasteiger partial charge >= 0.3 is 0 Å². The number of halogens is 2. The first-order valence-corrected chi connectivity index (χ1v) is 10.8. The largest absolute Gasteiger partial charge is 0.309 e. The summed E-state index contributed by atoms with van der Waals surface area (Å²) in [6, 6.07) is 8.31. The molecule has 1 aromatic carbocycles. The zero-order chi connectivity index (χ0) is 22.0. The molecular weight excluding hydrogens is 437 g/mol. The molecule has 0 amide bonds. The third-order valence-corrected chi connectivity index (χ3v) is 6.32. The number of benzene rings is 1. The molecular formula is C22H21Cl2N5O2. The molecule has 1 fully saturated rings. The Morgan fingerprint density at radius 2 is 2.03 bits per heavy atom. The van der Waals surface area contributed by atoms with Gasteiger partial charge in [0.2, 0.25) is 0 Å². The molecule has 31 heavy (non-hydrogen) atoms. The fraction of sp³-hybridized carbons (Fsp3) is 0.318. The number of carbonyl (C=O) groups is 1. The van der Waals surface area contributed by atoms with Gasteiger partial charge in [0, 0.05) is 29.8 Å². The van der Waals surface area contributed by atoms with Crippen molar-refractivity contribution in [2.24, 2.45) is 5.92 Å². The van der Waals surface area contributed by atoms with Crippen LogP contribution >= 0.6 is 23.2 Å². The number of Topliss-reactive ketones (excluding diaryl/α,β-unsaturated/α-hetero) is 1. The van der Waals surface area contributed by atoms with E-state index in [-0.39, 0.29) is 23.3 Å². The van der Waals surface area contributed by atoms with Crippen LogP contribution in [0, 0.1) is 5.92 Å². The number of piperidine rings is 1. The van der Waals surface area contributed by atoms with Gasteiger partial charge in [0.1, 0.15) is 12.2 Å². The molecule has 0 radical (unpaired) electrons. The Hall–Kier alpha value is -2.61. The van der Waals surface area contributed by atoms with Crippen molar-refractivity contribution in [2.45, 2.75) is 32.4 Å².